The minimum Gasteiger partial charge on any atom is -0.0533 e. The van der Waals surface area contributed by atoms with E-state index in [0.29, 0.717) is 11.8 Å². The van der Waals surface area contributed by atoms with Crippen LogP contribution in [0.15, 0.2) is 0 Å². The van der Waals surface area contributed by atoms with Gasteiger partial charge in [0.25, 0.3) is 0 Å². The predicted molar refractivity (Wildman–Crippen MR) is 45.4 cm³/mol. The Morgan fingerprint density at radius 3 is 1.50 bits per heavy atom. The molecule has 2 unspecified atom stereocenters. The molecule has 0 aromatic carbocycles. The minimum absolute atomic E-state index is 0.625. The van der Waals surface area contributed by atoms with Crippen LogP contribution in [-0.4, -0.2) is 0 Å². The molecule has 0 heteroatoms. The van der Waals surface area contributed by atoms with Crippen LogP contribution >= 0.6 is 0 Å². The van der Waals surface area contributed by atoms with Gasteiger partial charge in [-0.1, -0.05) is 38.5 Å². The van der Waals surface area contributed by atoms with Crippen molar-refractivity contribution in [1.29, 1.82) is 0 Å². The van der Waals surface area contributed by atoms with Crippen molar-refractivity contribution in [3.05, 3.63) is 13.8 Å². The van der Waals surface area contributed by atoms with Gasteiger partial charge in [0.15, 0.2) is 0 Å². The topological polar surface area (TPSA) is 0 Å². The molecule has 1 fully saturated rings. The molecule has 0 bridgehead atoms. The van der Waals surface area contributed by atoms with Crippen LogP contribution in [-0.2, 0) is 0 Å². The van der Waals surface area contributed by atoms with E-state index in [1.807, 2.05) is 0 Å². The minimum atomic E-state index is 0.625. The molecule has 58 valence electrons. The van der Waals surface area contributed by atoms with Crippen molar-refractivity contribution in [2.75, 3.05) is 0 Å². The lowest BCUT2D eigenvalue weighted by molar-refractivity contribution is 0.356. The van der Waals surface area contributed by atoms with Crippen LogP contribution < -0.4 is 0 Å². The summed E-state index contributed by atoms with van der Waals surface area (Å²) in [5, 5.41) is 0. The Morgan fingerprint density at radius 2 is 1.10 bits per heavy atom. The quantitative estimate of drug-likeness (QED) is 0.482. The highest BCUT2D eigenvalue weighted by Crippen LogP contribution is 2.25. The fourth-order valence-electron chi connectivity index (χ4n) is 1.64. The lowest BCUT2D eigenvalue weighted by Crippen LogP contribution is -2.10. The summed E-state index contributed by atoms with van der Waals surface area (Å²) in [4.78, 5) is 0. The second-order valence-electron chi connectivity index (χ2n) is 3.51. The molecule has 10 heavy (non-hydrogen) atoms. The zero-order valence-corrected chi connectivity index (χ0v) is 6.81. The van der Waals surface area contributed by atoms with Crippen molar-refractivity contribution in [3.8, 4) is 0 Å². The maximum absolute atomic E-state index is 4.12. The Morgan fingerprint density at radius 1 is 0.700 bits per heavy atom. The van der Waals surface area contributed by atoms with Crippen LogP contribution in [0.5, 0.6) is 0 Å². The van der Waals surface area contributed by atoms with Crippen molar-refractivity contribution in [2.45, 2.75) is 38.5 Å². The van der Waals surface area contributed by atoms with Crippen LogP contribution in [0.2, 0.25) is 0 Å². The van der Waals surface area contributed by atoms with Crippen LogP contribution in [0.1, 0.15) is 38.5 Å². The summed E-state index contributed by atoms with van der Waals surface area (Å²) in [5.41, 5.74) is 0. The summed E-state index contributed by atoms with van der Waals surface area (Å²) in [5.74, 6) is 1.25. The standard InChI is InChI=1S/C10H18/c1-9-7-5-3-4-6-8-10(9)2/h9-10H,1-8H2. The van der Waals surface area contributed by atoms with Crippen LogP contribution in [0.3, 0.4) is 0 Å². The molecule has 0 nitrogen and oxygen atoms in total. The molecule has 1 rings (SSSR count). The van der Waals surface area contributed by atoms with E-state index in [9.17, 15) is 0 Å². The fourth-order valence-corrected chi connectivity index (χ4v) is 1.64. The van der Waals surface area contributed by atoms with Gasteiger partial charge in [-0.25, -0.2) is 0 Å². The van der Waals surface area contributed by atoms with E-state index in [0.717, 1.165) is 0 Å². The normalized spacial score (nSPS) is 36.6. The summed E-state index contributed by atoms with van der Waals surface area (Å²) in [6, 6.07) is 0. The third-order valence-corrected chi connectivity index (χ3v) is 2.57. The Kier molecular flexibility index (Phi) is 3.24. The van der Waals surface area contributed by atoms with Gasteiger partial charge < -0.3 is 0 Å². The van der Waals surface area contributed by atoms with Gasteiger partial charge in [-0.05, 0) is 25.7 Å². The molecule has 0 amide bonds. The first-order valence-electron chi connectivity index (χ1n) is 4.47. The van der Waals surface area contributed by atoms with Gasteiger partial charge in [-0.3, -0.25) is 0 Å². The monoisotopic (exact) mass is 138 g/mol. The largest absolute Gasteiger partial charge is 0.0533 e. The molecule has 0 spiro atoms. The predicted octanol–water partition coefficient (Wildman–Crippen LogP) is 3.24. The zero-order chi connectivity index (χ0) is 7.40. The van der Waals surface area contributed by atoms with Gasteiger partial charge in [0, 0.05) is 0 Å². The smallest absolute Gasteiger partial charge is 0.0386 e. The fraction of sp³-hybridized carbons (Fsp3) is 0.800. The van der Waals surface area contributed by atoms with E-state index in [4.69, 9.17) is 0 Å². The van der Waals surface area contributed by atoms with Crippen LogP contribution in [0.4, 0.5) is 0 Å². The van der Waals surface area contributed by atoms with Crippen LogP contribution in [0, 0.1) is 25.7 Å². The zero-order valence-electron chi connectivity index (χ0n) is 6.81. The van der Waals surface area contributed by atoms with Crippen molar-refractivity contribution < 1.29 is 0 Å². The van der Waals surface area contributed by atoms with E-state index in [-0.39, 0.29) is 0 Å². The van der Waals surface area contributed by atoms with Crippen molar-refractivity contribution in [1.82, 2.24) is 0 Å². The molecule has 0 N–H and O–H groups in total. The summed E-state index contributed by atoms with van der Waals surface area (Å²) in [7, 11) is 0. The SMILES string of the molecule is [CH2]C1CCCCCCC1[CH2]. The summed E-state index contributed by atoms with van der Waals surface area (Å²) >= 11 is 0. The van der Waals surface area contributed by atoms with E-state index >= 15 is 0 Å². The molecule has 0 aromatic heterocycles. The third kappa shape index (κ3) is 2.32. The number of rotatable bonds is 0. The summed E-state index contributed by atoms with van der Waals surface area (Å²) < 4.78 is 0. The Labute approximate surface area is 65.0 Å². The van der Waals surface area contributed by atoms with Crippen LogP contribution in [0.25, 0.3) is 0 Å². The summed E-state index contributed by atoms with van der Waals surface area (Å²) in [6.45, 7) is 8.24. The Hall–Kier alpha value is 0. The Bertz CT molecular complexity index is 74.0. The van der Waals surface area contributed by atoms with Crippen molar-refractivity contribution in [2.24, 2.45) is 11.8 Å². The molecule has 0 aromatic rings. The molecule has 0 aliphatic heterocycles. The van der Waals surface area contributed by atoms with Gasteiger partial charge >= 0.3 is 0 Å². The molecule has 0 heterocycles. The van der Waals surface area contributed by atoms with Gasteiger partial charge in [-0.15, -0.1) is 0 Å². The molecule has 0 saturated heterocycles. The highest BCUT2D eigenvalue weighted by Gasteiger charge is 2.13. The second-order valence-corrected chi connectivity index (χ2v) is 3.51. The van der Waals surface area contributed by atoms with Gasteiger partial charge in [0.2, 0.25) is 0 Å². The highest BCUT2D eigenvalue weighted by molar-refractivity contribution is 4.75. The molecule has 1 aliphatic rings. The van der Waals surface area contributed by atoms with Gasteiger partial charge in [0.05, 0.1) is 0 Å². The first-order valence-corrected chi connectivity index (χ1v) is 4.47. The first kappa shape index (κ1) is 8.10. The van der Waals surface area contributed by atoms with E-state index < -0.39 is 0 Å². The Balaban J connectivity index is 2.28. The van der Waals surface area contributed by atoms with Crippen molar-refractivity contribution in [3.63, 3.8) is 0 Å². The summed E-state index contributed by atoms with van der Waals surface area (Å²) in [6.07, 6.45) is 8.18. The molecule has 2 atom stereocenters. The highest BCUT2D eigenvalue weighted by atomic mass is 14.2. The van der Waals surface area contributed by atoms with E-state index in [1.54, 1.807) is 0 Å². The number of hydrogen-bond acceptors (Lipinski definition) is 0. The lowest BCUT2D eigenvalue weighted by Gasteiger charge is -2.21. The van der Waals surface area contributed by atoms with Crippen molar-refractivity contribution >= 4 is 0 Å². The van der Waals surface area contributed by atoms with Gasteiger partial charge in [-0.2, -0.15) is 0 Å². The molecule has 2 radical (unpaired) electrons. The molecule has 1 saturated carbocycles. The molecule has 1 aliphatic carbocycles. The third-order valence-electron chi connectivity index (χ3n) is 2.57. The average Bonchev–Trinajstić information content (AvgIpc) is 1.92. The van der Waals surface area contributed by atoms with Gasteiger partial charge in [0.1, 0.15) is 0 Å². The van der Waals surface area contributed by atoms with E-state index in [1.165, 1.54) is 38.5 Å². The number of hydrogen-bond donors (Lipinski definition) is 0. The second kappa shape index (κ2) is 4.00. The lowest BCUT2D eigenvalue weighted by atomic mass is 9.84. The average molecular weight is 138 g/mol. The maximum atomic E-state index is 4.12. The maximum Gasteiger partial charge on any atom is -0.0386 e. The molecular formula is C10H18. The first-order chi connectivity index (χ1) is 4.80. The van der Waals surface area contributed by atoms with E-state index in [2.05, 4.69) is 13.8 Å². The molecular weight excluding hydrogens is 120 g/mol.